The standard InChI is InChI=1S/C41H52ClN5O8S/c1-2-27-22-41(27,39(50)46-56(52,53)30-16-17-30)45-37(48)33-21-29-23-47(33)38(49)36(25-10-6-7-11-25)44-40(51)55-34-14-8-12-24(34)9-4-3-5-13-32-35(54-29)20-26-19-28(42)15-18-31(26)43-32/h2,15,18-20,24-25,27,29-30,33-34,36H,1,3-14,16-17,21-23H2,(H,44,51)(H,45,48)(H,46,50)/t24-,27-,29+,33-,34-,36-,41+/m0/s1. The van der Waals surface area contributed by atoms with Crippen molar-refractivity contribution in [3.05, 3.63) is 47.6 Å². The summed E-state index contributed by atoms with van der Waals surface area (Å²) in [6, 6.07) is 5.42. The number of hydrogen-bond acceptors (Lipinski definition) is 9. The number of nitrogens with one attached hydrogen (secondary N) is 3. The minimum Gasteiger partial charge on any atom is -0.487 e. The Labute approximate surface area is 333 Å². The van der Waals surface area contributed by atoms with Gasteiger partial charge in [0.2, 0.25) is 21.8 Å². The fourth-order valence-electron chi connectivity index (χ4n) is 9.54. The highest BCUT2D eigenvalue weighted by atomic mass is 35.5. The Morgan fingerprint density at radius 1 is 0.964 bits per heavy atom. The van der Waals surface area contributed by atoms with Gasteiger partial charge in [-0.3, -0.25) is 19.1 Å². The first-order valence-electron chi connectivity index (χ1n) is 20.5. The van der Waals surface area contributed by atoms with Crippen LogP contribution in [0.5, 0.6) is 5.75 Å². The average Bonchev–Trinajstić information content (AvgIpc) is 3.96. The molecule has 0 unspecified atom stereocenters. The van der Waals surface area contributed by atoms with E-state index >= 15 is 0 Å². The number of nitrogens with zero attached hydrogens (tertiary/aromatic N) is 2. The van der Waals surface area contributed by atoms with Crippen LogP contribution in [0.3, 0.4) is 0 Å². The molecule has 5 fully saturated rings. The van der Waals surface area contributed by atoms with Crippen molar-refractivity contribution in [2.24, 2.45) is 17.8 Å². The maximum atomic E-state index is 14.9. The monoisotopic (exact) mass is 809 g/mol. The number of carbonyl (C=O) groups excluding carboxylic acids is 4. The highest BCUT2D eigenvalue weighted by Crippen LogP contribution is 2.46. The molecule has 1 saturated heterocycles. The summed E-state index contributed by atoms with van der Waals surface area (Å²) in [6.45, 7) is 3.85. The highest BCUT2D eigenvalue weighted by Gasteiger charge is 2.62. The Bertz CT molecular complexity index is 2000. The maximum absolute atomic E-state index is 14.9. The van der Waals surface area contributed by atoms with E-state index in [1.165, 1.54) is 11.0 Å². The Morgan fingerprint density at radius 2 is 1.71 bits per heavy atom. The van der Waals surface area contributed by atoms with Crippen LogP contribution < -0.4 is 20.1 Å². The van der Waals surface area contributed by atoms with Crippen molar-refractivity contribution >= 4 is 56.3 Å². The molecule has 2 bridgehead atoms. The number of carbonyl (C=O) groups is 4. The van der Waals surface area contributed by atoms with Gasteiger partial charge in [-0.1, -0.05) is 43.4 Å². The third kappa shape index (κ3) is 8.10. The second kappa shape index (κ2) is 15.8. The van der Waals surface area contributed by atoms with Crippen LogP contribution >= 0.6 is 11.6 Å². The summed E-state index contributed by atoms with van der Waals surface area (Å²) in [5, 5.41) is 6.55. The molecule has 3 heterocycles. The molecule has 8 rings (SSSR count). The predicted octanol–water partition coefficient (Wildman–Crippen LogP) is 5.48. The molecular weight excluding hydrogens is 758 g/mol. The van der Waals surface area contributed by atoms with Gasteiger partial charge in [0.1, 0.15) is 35.6 Å². The van der Waals surface area contributed by atoms with E-state index in [1.54, 1.807) is 6.07 Å². The van der Waals surface area contributed by atoms with Crippen LogP contribution in [0.4, 0.5) is 4.79 Å². The maximum Gasteiger partial charge on any atom is 0.408 e. The number of hydrogen-bond donors (Lipinski definition) is 3. The van der Waals surface area contributed by atoms with Gasteiger partial charge >= 0.3 is 6.09 Å². The number of alkyl carbamates (subject to hydrolysis) is 1. The van der Waals surface area contributed by atoms with Crippen LogP contribution in [0.1, 0.15) is 102 Å². The summed E-state index contributed by atoms with van der Waals surface area (Å²) < 4.78 is 40.5. The van der Waals surface area contributed by atoms with E-state index in [0.717, 1.165) is 87.2 Å². The molecule has 4 amide bonds. The zero-order chi connectivity index (χ0) is 39.2. The fraction of sp³-hybridized carbons (Fsp3) is 0.634. The molecule has 302 valence electrons. The number of ether oxygens (including phenoxy) is 2. The molecule has 4 aliphatic carbocycles. The average molecular weight is 810 g/mol. The van der Waals surface area contributed by atoms with Crippen LogP contribution in [0.25, 0.3) is 10.9 Å². The molecule has 1 aromatic carbocycles. The quantitative estimate of drug-likeness (QED) is 0.307. The second-order valence-electron chi connectivity index (χ2n) is 16.8. The van der Waals surface area contributed by atoms with E-state index in [0.29, 0.717) is 30.0 Å². The number of pyridine rings is 1. The SMILES string of the molecule is C=C[C@H]1C[C@]1(NC(=O)[C@@H]1C[C@@H]2CN1C(=O)[C@H](C1CCCC1)NC(=O)O[C@H]1CCC[C@@H]1CCCCCc1nc3ccc(Cl)cc3cc1O2)C(=O)NS(=O)(=O)C1CC1. The first-order valence-corrected chi connectivity index (χ1v) is 22.4. The van der Waals surface area contributed by atoms with Gasteiger partial charge in [0.25, 0.3) is 5.91 Å². The molecule has 56 heavy (non-hydrogen) atoms. The van der Waals surface area contributed by atoms with Gasteiger partial charge in [-0.2, -0.15) is 0 Å². The lowest BCUT2D eigenvalue weighted by Gasteiger charge is -2.32. The van der Waals surface area contributed by atoms with E-state index in [2.05, 4.69) is 21.9 Å². The van der Waals surface area contributed by atoms with Crippen LogP contribution in [-0.2, 0) is 35.6 Å². The lowest BCUT2D eigenvalue weighted by molar-refractivity contribution is -0.142. The Balaban J connectivity index is 1.12. The predicted molar refractivity (Wildman–Crippen MR) is 209 cm³/mol. The van der Waals surface area contributed by atoms with Gasteiger partial charge in [0, 0.05) is 22.7 Å². The van der Waals surface area contributed by atoms with Crippen molar-refractivity contribution in [1.82, 2.24) is 25.2 Å². The minimum absolute atomic E-state index is 0.0364. The summed E-state index contributed by atoms with van der Waals surface area (Å²) >= 11 is 6.37. The molecule has 7 atom stereocenters. The normalized spacial score (nSPS) is 31.6. The highest BCUT2D eigenvalue weighted by molar-refractivity contribution is 7.91. The zero-order valence-corrected chi connectivity index (χ0v) is 33.3. The first kappa shape index (κ1) is 38.9. The molecule has 13 nitrogen and oxygen atoms in total. The molecule has 0 spiro atoms. The van der Waals surface area contributed by atoms with Crippen molar-refractivity contribution in [3.8, 4) is 5.75 Å². The molecule has 2 aromatic rings. The van der Waals surface area contributed by atoms with E-state index in [-0.39, 0.29) is 37.3 Å². The van der Waals surface area contributed by atoms with Crippen molar-refractivity contribution in [3.63, 3.8) is 0 Å². The molecule has 2 aliphatic heterocycles. The van der Waals surface area contributed by atoms with Crippen LogP contribution in [-0.4, -0.2) is 83.7 Å². The number of halogens is 1. The van der Waals surface area contributed by atoms with Crippen molar-refractivity contribution in [2.45, 2.75) is 138 Å². The van der Waals surface area contributed by atoms with Gasteiger partial charge in [0.05, 0.1) is 23.0 Å². The van der Waals surface area contributed by atoms with Crippen LogP contribution in [0.2, 0.25) is 5.02 Å². The van der Waals surface area contributed by atoms with Crippen molar-refractivity contribution in [2.75, 3.05) is 6.54 Å². The lowest BCUT2D eigenvalue weighted by Crippen LogP contribution is -2.59. The van der Waals surface area contributed by atoms with Gasteiger partial charge < -0.3 is 25.0 Å². The summed E-state index contributed by atoms with van der Waals surface area (Å²) in [5.74, 6) is -1.68. The molecule has 0 radical (unpaired) electrons. The Kier molecular flexibility index (Phi) is 11.0. The van der Waals surface area contributed by atoms with Crippen LogP contribution in [0.15, 0.2) is 36.9 Å². The van der Waals surface area contributed by atoms with Gasteiger partial charge in [0.15, 0.2) is 0 Å². The number of benzene rings is 1. The largest absolute Gasteiger partial charge is 0.487 e. The van der Waals surface area contributed by atoms with Gasteiger partial charge in [-0.25, -0.2) is 18.2 Å². The van der Waals surface area contributed by atoms with E-state index < -0.39 is 68.7 Å². The van der Waals surface area contributed by atoms with Crippen molar-refractivity contribution < 1.29 is 37.1 Å². The van der Waals surface area contributed by atoms with E-state index in [4.69, 9.17) is 26.1 Å². The second-order valence-corrected chi connectivity index (χ2v) is 19.2. The number of rotatable bonds is 7. The molecule has 15 heteroatoms. The summed E-state index contributed by atoms with van der Waals surface area (Å²) in [7, 11) is -3.89. The van der Waals surface area contributed by atoms with Gasteiger partial charge in [-0.05, 0) is 107 Å². The molecular formula is C41H52ClN5O8S. The third-order valence-corrected chi connectivity index (χ3v) is 15.0. The number of amides is 4. The third-order valence-electron chi connectivity index (χ3n) is 13.0. The number of aryl methyl sites for hydroxylation is 1. The number of aromatic nitrogens is 1. The van der Waals surface area contributed by atoms with Crippen LogP contribution in [0, 0.1) is 17.8 Å². The molecule has 4 saturated carbocycles. The number of sulfonamides is 1. The Hall–Kier alpha value is -3.91. The molecule has 3 N–H and O–H groups in total. The van der Waals surface area contributed by atoms with E-state index in [1.807, 2.05) is 18.2 Å². The smallest absolute Gasteiger partial charge is 0.408 e. The van der Waals surface area contributed by atoms with Crippen molar-refractivity contribution in [1.29, 1.82) is 0 Å². The number of fused-ring (bicyclic) bond motifs is 5. The minimum atomic E-state index is -3.89. The Morgan fingerprint density at radius 3 is 2.46 bits per heavy atom. The van der Waals surface area contributed by atoms with Gasteiger partial charge in [-0.15, -0.1) is 6.58 Å². The topological polar surface area (TPSA) is 173 Å². The lowest BCUT2D eigenvalue weighted by atomic mass is 9.96. The summed E-state index contributed by atoms with van der Waals surface area (Å²) in [6.07, 6.45) is 11.7. The molecule has 1 aromatic heterocycles. The first-order chi connectivity index (χ1) is 26.9. The summed E-state index contributed by atoms with van der Waals surface area (Å²) in [4.78, 5) is 63.0. The van der Waals surface area contributed by atoms with E-state index in [9.17, 15) is 27.6 Å². The fourth-order valence-corrected chi connectivity index (χ4v) is 11.1. The molecule has 6 aliphatic rings. The zero-order valence-electron chi connectivity index (χ0n) is 31.7. The summed E-state index contributed by atoms with van der Waals surface area (Å²) in [5.41, 5.74) is 0.0401.